The fraction of sp³-hybridized carbons (Fsp3) is 0.154. The molecular weight excluding hydrogens is 317 g/mol. The molecule has 2 heterocycles. The van der Waals surface area contributed by atoms with Gasteiger partial charge in [0.05, 0.1) is 9.95 Å². The van der Waals surface area contributed by atoms with Gasteiger partial charge in [0.1, 0.15) is 17.1 Å². The Morgan fingerprint density at radius 3 is 2.67 bits per heavy atom. The Labute approximate surface area is 129 Å². The van der Waals surface area contributed by atoms with Crippen molar-refractivity contribution >= 4 is 34.6 Å². The number of benzene rings is 1. The van der Waals surface area contributed by atoms with Crippen LogP contribution in [0.2, 0.25) is 10.0 Å². The topological polar surface area (TPSA) is 73.6 Å². The lowest BCUT2D eigenvalue weighted by Crippen LogP contribution is -1.91. The van der Waals surface area contributed by atoms with Crippen LogP contribution in [0, 0.1) is 24.0 Å². The standard InChI is InChI=1S/C13H9Cl2N3O3/c1-6-11(18(19)20)13-17(16-6)12(7(2)21-13)9-4-3-8(14)5-10(9)15/h3-5H,1-2H3. The lowest BCUT2D eigenvalue weighted by Gasteiger charge is -2.03. The molecule has 0 radical (unpaired) electrons. The van der Waals surface area contributed by atoms with Gasteiger partial charge in [-0.2, -0.15) is 9.61 Å². The maximum atomic E-state index is 11.1. The van der Waals surface area contributed by atoms with Crippen molar-refractivity contribution in [2.45, 2.75) is 13.8 Å². The lowest BCUT2D eigenvalue weighted by atomic mass is 10.1. The minimum Gasteiger partial charge on any atom is -0.436 e. The summed E-state index contributed by atoms with van der Waals surface area (Å²) in [5, 5.41) is 16.2. The van der Waals surface area contributed by atoms with E-state index >= 15 is 0 Å². The molecule has 3 aromatic rings. The summed E-state index contributed by atoms with van der Waals surface area (Å²) < 4.78 is 6.92. The van der Waals surface area contributed by atoms with Gasteiger partial charge in [0.15, 0.2) is 0 Å². The predicted molar refractivity (Wildman–Crippen MR) is 79.0 cm³/mol. The van der Waals surface area contributed by atoms with Crippen molar-refractivity contribution in [3.63, 3.8) is 0 Å². The number of nitro groups is 1. The van der Waals surface area contributed by atoms with Crippen molar-refractivity contribution in [2.75, 3.05) is 0 Å². The minimum absolute atomic E-state index is 0.0935. The summed E-state index contributed by atoms with van der Waals surface area (Å²) in [5.41, 5.74) is 1.45. The summed E-state index contributed by atoms with van der Waals surface area (Å²) in [6, 6.07) is 5.01. The zero-order chi connectivity index (χ0) is 15.3. The van der Waals surface area contributed by atoms with Gasteiger partial charge in [-0.1, -0.05) is 23.2 Å². The highest BCUT2D eigenvalue weighted by molar-refractivity contribution is 6.36. The number of halogens is 2. The first-order chi connectivity index (χ1) is 9.90. The monoisotopic (exact) mass is 325 g/mol. The average Bonchev–Trinajstić information content (AvgIpc) is 2.83. The molecule has 0 unspecified atom stereocenters. The molecule has 1 aromatic carbocycles. The molecule has 0 saturated carbocycles. The van der Waals surface area contributed by atoms with E-state index in [1.807, 2.05) is 0 Å². The van der Waals surface area contributed by atoms with Crippen molar-refractivity contribution in [1.29, 1.82) is 0 Å². The normalized spacial score (nSPS) is 11.2. The van der Waals surface area contributed by atoms with E-state index in [9.17, 15) is 10.1 Å². The third-order valence-corrected chi connectivity index (χ3v) is 3.70. The number of oxazole rings is 1. The van der Waals surface area contributed by atoms with Crippen LogP contribution in [0.5, 0.6) is 0 Å². The van der Waals surface area contributed by atoms with Gasteiger partial charge in [0, 0.05) is 10.6 Å². The second kappa shape index (κ2) is 4.75. The Morgan fingerprint density at radius 1 is 1.33 bits per heavy atom. The van der Waals surface area contributed by atoms with Crippen LogP contribution in [0.15, 0.2) is 22.6 Å². The van der Waals surface area contributed by atoms with Crippen molar-refractivity contribution in [2.24, 2.45) is 0 Å². The molecule has 6 nitrogen and oxygen atoms in total. The van der Waals surface area contributed by atoms with Crippen LogP contribution in [0.1, 0.15) is 11.5 Å². The third-order valence-electron chi connectivity index (χ3n) is 3.15. The zero-order valence-corrected chi connectivity index (χ0v) is 12.6. The van der Waals surface area contributed by atoms with E-state index in [0.717, 1.165) is 0 Å². The molecule has 8 heteroatoms. The van der Waals surface area contributed by atoms with Crippen LogP contribution < -0.4 is 0 Å². The maximum Gasteiger partial charge on any atom is 0.354 e. The maximum absolute atomic E-state index is 11.1. The number of fused-ring (bicyclic) bond motifs is 1. The van der Waals surface area contributed by atoms with Gasteiger partial charge >= 0.3 is 11.4 Å². The van der Waals surface area contributed by atoms with Crippen LogP contribution in [0.25, 0.3) is 17.0 Å². The molecule has 3 rings (SSSR count). The molecule has 2 aromatic heterocycles. The van der Waals surface area contributed by atoms with Gasteiger partial charge in [-0.15, -0.1) is 0 Å². The van der Waals surface area contributed by atoms with Crippen LogP contribution in [0.3, 0.4) is 0 Å². The third kappa shape index (κ3) is 2.07. The average molecular weight is 326 g/mol. The molecule has 0 aliphatic carbocycles. The SMILES string of the molecule is Cc1nn2c(-c3ccc(Cl)cc3Cl)c(C)oc2c1[N+](=O)[O-]. The van der Waals surface area contributed by atoms with Crippen molar-refractivity contribution in [1.82, 2.24) is 9.61 Å². The van der Waals surface area contributed by atoms with Crippen molar-refractivity contribution < 1.29 is 9.34 Å². The number of nitrogens with zero attached hydrogens (tertiary/aromatic N) is 3. The molecule has 0 aliphatic rings. The molecular formula is C13H9Cl2N3O3. The van der Waals surface area contributed by atoms with Gasteiger partial charge in [-0.25, -0.2) is 0 Å². The van der Waals surface area contributed by atoms with Crippen LogP contribution in [-0.4, -0.2) is 14.5 Å². The highest BCUT2D eigenvalue weighted by Gasteiger charge is 2.28. The van der Waals surface area contributed by atoms with E-state index in [1.165, 1.54) is 4.52 Å². The Balaban J connectivity index is 2.35. The van der Waals surface area contributed by atoms with Gasteiger partial charge in [-0.05, 0) is 32.0 Å². The predicted octanol–water partition coefficient (Wildman–Crippen LogP) is 4.43. The highest BCUT2D eigenvalue weighted by Crippen LogP contribution is 2.37. The van der Waals surface area contributed by atoms with E-state index in [0.29, 0.717) is 27.1 Å². The summed E-state index contributed by atoms with van der Waals surface area (Å²) in [4.78, 5) is 10.6. The molecule has 0 saturated heterocycles. The van der Waals surface area contributed by atoms with E-state index in [-0.39, 0.29) is 17.1 Å². The van der Waals surface area contributed by atoms with Gasteiger partial charge in [-0.3, -0.25) is 10.1 Å². The Kier molecular flexibility index (Phi) is 3.15. The zero-order valence-electron chi connectivity index (χ0n) is 11.1. The van der Waals surface area contributed by atoms with Gasteiger partial charge in [0.2, 0.25) is 0 Å². The number of hydrogen-bond donors (Lipinski definition) is 0. The second-order valence-corrected chi connectivity index (χ2v) is 5.38. The fourth-order valence-electron chi connectivity index (χ4n) is 2.28. The minimum atomic E-state index is -0.506. The number of rotatable bonds is 2. The first-order valence-corrected chi connectivity index (χ1v) is 6.74. The molecule has 0 spiro atoms. The number of aromatic nitrogens is 2. The largest absolute Gasteiger partial charge is 0.436 e. The summed E-state index contributed by atoms with van der Waals surface area (Å²) in [6.07, 6.45) is 0. The van der Waals surface area contributed by atoms with E-state index in [1.54, 1.807) is 32.0 Å². The molecule has 0 atom stereocenters. The van der Waals surface area contributed by atoms with Crippen molar-refractivity contribution in [3.05, 3.63) is 49.8 Å². The number of hydrogen-bond acceptors (Lipinski definition) is 4. The second-order valence-electron chi connectivity index (χ2n) is 4.54. The molecule has 0 aliphatic heterocycles. The first kappa shape index (κ1) is 13.9. The van der Waals surface area contributed by atoms with Gasteiger partial charge in [0.25, 0.3) is 0 Å². The molecule has 0 fully saturated rings. The highest BCUT2D eigenvalue weighted by atomic mass is 35.5. The lowest BCUT2D eigenvalue weighted by molar-refractivity contribution is -0.384. The van der Waals surface area contributed by atoms with E-state index in [4.69, 9.17) is 27.6 Å². The summed E-state index contributed by atoms with van der Waals surface area (Å²) in [6.45, 7) is 3.26. The quantitative estimate of drug-likeness (QED) is 0.516. The smallest absolute Gasteiger partial charge is 0.354 e. The first-order valence-electron chi connectivity index (χ1n) is 5.98. The van der Waals surface area contributed by atoms with Gasteiger partial charge < -0.3 is 4.42 Å². The Bertz CT molecular complexity index is 883. The molecule has 21 heavy (non-hydrogen) atoms. The molecule has 108 valence electrons. The van der Waals surface area contributed by atoms with Crippen LogP contribution >= 0.6 is 23.2 Å². The molecule has 0 bridgehead atoms. The summed E-state index contributed by atoms with van der Waals surface area (Å²) >= 11 is 12.1. The van der Waals surface area contributed by atoms with E-state index < -0.39 is 4.92 Å². The summed E-state index contributed by atoms with van der Waals surface area (Å²) in [5.74, 6) is 0.491. The molecule has 0 N–H and O–H groups in total. The Hall–Kier alpha value is -2.05. The van der Waals surface area contributed by atoms with E-state index in [2.05, 4.69) is 5.10 Å². The van der Waals surface area contributed by atoms with Crippen molar-refractivity contribution in [3.8, 4) is 11.3 Å². The fourth-order valence-corrected chi connectivity index (χ4v) is 2.78. The summed E-state index contributed by atoms with van der Waals surface area (Å²) in [7, 11) is 0. The molecule has 0 amide bonds. The van der Waals surface area contributed by atoms with Crippen LogP contribution in [-0.2, 0) is 0 Å². The number of aryl methyl sites for hydroxylation is 2. The Morgan fingerprint density at radius 2 is 2.05 bits per heavy atom. The van der Waals surface area contributed by atoms with Crippen LogP contribution in [0.4, 0.5) is 5.69 Å².